The monoisotopic (exact) mass is 1060 g/mol. The van der Waals surface area contributed by atoms with Crippen LogP contribution in [-0.4, -0.2) is 66.0 Å². The van der Waals surface area contributed by atoms with Gasteiger partial charge in [0, 0.05) is 64.1 Å². The largest absolute Gasteiger partial charge is 0.361 e. The topological polar surface area (TPSA) is 224 Å². The zero-order chi connectivity index (χ0) is 55.8. The van der Waals surface area contributed by atoms with Crippen LogP contribution in [0, 0.1) is 76.2 Å². The van der Waals surface area contributed by atoms with Gasteiger partial charge in [-0.2, -0.15) is 5.10 Å². The molecular weight excluding hydrogens is 1000 g/mol. The highest BCUT2D eigenvalue weighted by Gasteiger charge is 2.24. The molecule has 8 aromatic heterocycles. The van der Waals surface area contributed by atoms with Gasteiger partial charge in [-0.25, -0.2) is 15.0 Å². The normalized spacial score (nSPS) is 12.3. The van der Waals surface area contributed by atoms with Crippen LogP contribution in [0.25, 0.3) is 111 Å². The third-order valence-electron chi connectivity index (χ3n) is 15.1. The van der Waals surface area contributed by atoms with E-state index in [9.17, 15) is 4.79 Å². The number of fused-ring (bicyclic) bond motifs is 5. The smallest absolute Gasteiger partial charge is 0.224 e. The third-order valence-corrected chi connectivity index (χ3v) is 15.1. The van der Waals surface area contributed by atoms with Crippen LogP contribution >= 0.6 is 0 Å². The number of carbonyl (C=O) groups is 1. The number of aryl methyl sites for hydroxylation is 12. The highest BCUT2D eigenvalue weighted by Crippen LogP contribution is 2.42. The number of anilines is 1. The Kier molecular flexibility index (Phi) is 12.7. The minimum Gasteiger partial charge on any atom is -0.361 e. The quantitative estimate of drug-likeness (QED) is 0.122. The van der Waals surface area contributed by atoms with E-state index in [2.05, 4.69) is 125 Å². The number of hydrogen-bond acceptors (Lipinski definition) is 12. The van der Waals surface area contributed by atoms with Crippen molar-refractivity contribution in [1.29, 1.82) is 0 Å². The molecule has 0 fully saturated rings. The average molecular weight is 1060 g/mol. The summed E-state index contributed by atoms with van der Waals surface area (Å²) in [6.07, 6.45) is 4.92. The molecule has 17 heteroatoms. The van der Waals surface area contributed by atoms with Crippen molar-refractivity contribution in [2.24, 2.45) is 7.05 Å². The first-order chi connectivity index (χ1) is 38.5. The van der Waals surface area contributed by atoms with Crippen molar-refractivity contribution in [1.82, 2.24) is 60.1 Å². The lowest BCUT2D eigenvalue weighted by molar-refractivity contribution is -0.116. The summed E-state index contributed by atoms with van der Waals surface area (Å²) in [6, 6.07) is 27.2. The van der Waals surface area contributed by atoms with Crippen LogP contribution in [0.4, 0.5) is 5.69 Å². The predicted molar refractivity (Wildman–Crippen MR) is 312 cm³/mol. The van der Waals surface area contributed by atoms with Gasteiger partial charge in [-0.15, -0.1) is 0 Å². The summed E-state index contributed by atoms with van der Waals surface area (Å²) in [7, 11) is 1.95. The molecule has 0 radical (unpaired) electrons. The summed E-state index contributed by atoms with van der Waals surface area (Å²) in [6.45, 7) is 21.8. The number of benzene rings is 5. The molecule has 0 saturated heterocycles. The fraction of sp³-hybridized carbons (Fsp3) is 0.222. The Morgan fingerprint density at radius 1 is 0.512 bits per heavy atom. The Labute approximate surface area is 460 Å². The maximum absolute atomic E-state index is 11.8. The van der Waals surface area contributed by atoms with Gasteiger partial charge in [0.25, 0.3) is 0 Å². The number of aromatic nitrogens is 12. The molecule has 0 atom stereocenters. The van der Waals surface area contributed by atoms with Gasteiger partial charge < -0.3 is 33.8 Å². The van der Waals surface area contributed by atoms with Crippen molar-refractivity contribution in [2.45, 2.75) is 89.0 Å². The molecule has 80 heavy (non-hydrogen) atoms. The second-order valence-corrected chi connectivity index (χ2v) is 20.8. The SMILES string of the molecule is Cc1nc2c(-c3c(C)ccc4ncccc34)cc(-c3c(C)noc3C)cc2[nH]1.Cc1nc2c(-c3c(C)cnn3C)cc(-c3c(C)noc3C)cc2[nH]1.Cc1nc2c(-c3cccc4c3CCC(=O)N4)cc(-c3c(C)noc3C)cc2[nH]1. The molecule has 0 saturated carbocycles. The van der Waals surface area contributed by atoms with Crippen LogP contribution in [-0.2, 0) is 18.3 Å². The Hall–Kier alpha value is -9.77. The molecule has 4 N–H and O–H groups in total. The standard InChI is InChI=1S/C23H20N4O.C22H20N4O2.C18H19N5O/c1-12-7-8-19-17(6-5-9-24-19)21(12)18-10-16(22-13(2)27-28-14(22)3)11-20-23(18)26-15(4)25-20;1-11-21(12(2)28-26-11)14-9-17(22-19(10-14)23-13(3)24-22)15-5-4-6-18-16(15)7-8-20(27)25-18;1-9-8-19-23(5)18(9)14-6-13(16-10(2)22-24-11(16)3)7-15-17(14)21-12(4)20-15/h5-11H,1-4H3,(H,25,26);4-6,9-10H,7-8H2,1-3H3,(H,23,24)(H,25,27);6-8H,1-5H3,(H,20,21). The van der Waals surface area contributed by atoms with Crippen molar-refractivity contribution < 1.29 is 18.4 Å². The van der Waals surface area contributed by atoms with Crippen LogP contribution < -0.4 is 5.32 Å². The minimum absolute atomic E-state index is 0.0647. The average Bonchev–Trinajstić information content (AvgIpc) is 4.44. The zero-order valence-corrected chi connectivity index (χ0v) is 46.7. The maximum Gasteiger partial charge on any atom is 0.224 e. The molecule has 13 aromatic rings. The Bertz CT molecular complexity index is 4510. The van der Waals surface area contributed by atoms with Crippen LogP contribution in [0.2, 0.25) is 0 Å². The number of imidazole rings is 3. The number of hydrogen-bond donors (Lipinski definition) is 4. The van der Waals surface area contributed by atoms with Crippen LogP contribution in [0.3, 0.4) is 0 Å². The molecule has 1 aliphatic rings. The lowest BCUT2D eigenvalue weighted by atomic mass is 9.90. The molecule has 1 aliphatic heterocycles. The molecule has 0 bridgehead atoms. The van der Waals surface area contributed by atoms with E-state index in [-0.39, 0.29) is 5.91 Å². The van der Waals surface area contributed by atoms with Crippen molar-refractivity contribution in [3.05, 3.63) is 160 Å². The molecule has 17 nitrogen and oxygen atoms in total. The van der Waals surface area contributed by atoms with Gasteiger partial charge in [0.2, 0.25) is 5.91 Å². The Morgan fingerprint density at radius 3 is 1.54 bits per heavy atom. The summed E-state index contributed by atoms with van der Waals surface area (Å²) < 4.78 is 18.1. The van der Waals surface area contributed by atoms with Gasteiger partial charge in [0.1, 0.15) is 34.8 Å². The van der Waals surface area contributed by atoms with Gasteiger partial charge in [0.15, 0.2) is 0 Å². The number of carbonyl (C=O) groups excluding carboxylic acids is 1. The first-order valence-electron chi connectivity index (χ1n) is 26.6. The van der Waals surface area contributed by atoms with E-state index in [1.807, 2.05) is 105 Å². The summed E-state index contributed by atoms with van der Waals surface area (Å²) in [5.41, 5.74) is 26.6. The fourth-order valence-corrected chi connectivity index (χ4v) is 11.6. The van der Waals surface area contributed by atoms with Crippen molar-refractivity contribution in [3.63, 3.8) is 0 Å². The number of nitrogens with zero attached hydrogens (tertiary/aromatic N) is 9. The predicted octanol–water partition coefficient (Wildman–Crippen LogP) is 14.2. The highest BCUT2D eigenvalue weighted by molar-refractivity contribution is 6.06. The number of amides is 1. The molecule has 0 aliphatic carbocycles. The zero-order valence-electron chi connectivity index (χ0n) is 46.7. The molecule has 5 aromatic carbocycles. The first-order valence-corrected chi connectivity index (χ1v) is 26.6. The fourth-order valence-electron chi connectivity index (χ4n) is 11.6. The summed E-state index contributed by atoms with van der Waals surface area (Å²) >= 11 is 0. The van der Waals surface area contributed by atoms with Gasteiger partial charge in [-0.1, -0.05) is 39.7 Å². The molecule has 400 valence electrons. The van der Waals surface area contributed by atoms with E-state index in [1.54, 1.807) is 0 Å². The first kappa shape index (κ1) is 51.0. The third kappa shape index (κ3) is 8.99. The number of pyridine rings is 1. The summed E-state index contributed by atoms with van der Waals surface area (Å²) in [4.78, 5) is 40.7. The van der Waals surface area contributed by atoms with Crippen LogP contribution in [0.15, 0.2) is 105 Å². The highest BCUT2D eigenvalue weighted by atomic mass is 16.5. The molecule has 0 unspecified atom stereocenters. The lowest BCUT2D eigenvalue weighted by Gasteiger charge is -2.20. The summed E-state index contributed by atoms with van der Waals surface area (Å²) in [5, 5.41) is 20.8. The van der Waals surface area contributed by atoms with E-state index in [0.29, 0.717) is 6.42 Å². The number of aromatic amines is 3. The lowest BCUT2D eigenvalue weighted by Crippen LogP contribution is -2.19. The second-order valence-electron chi connectivity index (χ2n) is 20.8. The molecule has 0 spiro atoms. The Balaban J connectivity index is 0.000000120. The Morgan fingerprint density at radius 2 is 1.02 bits per heavy atom. The number of rotatable bonds is 6. The van der Waals surface area contributed by atoms with Gasteiger partial charge in [-0.3, -0.25) is 14.5 Å². The molecule has 14 rings (SSSR count). The van der Waals surface area contributed by atoms with Crippen LogP contribution in [0.5, 0.6) is 0 Å². The van der Waals surface area contributed by atoms with Crippen LogP contribution in [0.1, 0.15) is 74.9 Å². The van der Waals surface area contributed by atoms with Crippen molar-refractivity contribution in [3.8, 4) is 66.9 Å². The van der Waals surface area contributed by atoms with E-state index in [1.165, 1.54) is 5.56 Å². The van der Waals surface area contributed by atoms with Gasteiger partial charge in [-0.05, 0) is 182 Å². The van der Waals surface area contributed by atoms with Crippen molar-refractivity contribution in [2.75, 3.05) is 5.32 Å². The van der Waals surface area contributed by atoms with E-state index in [4.69, 9.17) is 23.5 Å². The maximum atomic E-state index is 11.8. The van der Waals surface area contributed by atoms with E-state index >= 15 is 0 Å². The minimum atomic E-state index is 0.0647. The van der Waals surface area contributed by atoms with E-state index < -0.39 is 0 Å². The van der Waals surface area contributed by atoms with Crippen molar-refractivity contribution >= 4 is 55.6 Å². The molecule has 9 heterocycles. The van der Waals surface area contributed by atoms with Gasteiger partial charge >= 0.3 is 0 Å². The molecule has 1 amide bonds. The number of H-pyrrole nitrogens is 3. The van der Waals surface area contributed by atoms with E-state index in [0.717, 1.165) is 186 Å². The molecular formula is C63H59N13O4. The number of nitrogens with one attached hydrogen (secondary N) is 4. The second kappa shape index (κ2) is 19.9. The van der Waals surface area contributed by atoms with Gasteiger partial charge in [0.05, 0.1) is 67.6 Å². The summed E-state index contributed by atoms with van der Waals surface area (Å²) in [5.74, 6) is 5.14.